The first kappa shape index (κ1) is 7.55. The summed E-state index contributed by atoms with van der Waals surface area (Å²) in [6, 6.07) is 0. The molecular weight excluding hydrogens is 154 g/mol. The molecule has 0 saturated heterocycles. The molecule has 1 aliphatic rings. The highest BCUT2D eigenvalue weighted by Gasteiger charge is 2.08. The molecule has 3 nitrogen and oxygen atoms in total. The van der Waals surface area contributed by atoms with Crippen LogP contribution in [0, 0.1) is 0 Å². The van der Waals surface area contributed by atoms with Crippen molar-refractivity contribution in [1.29, 1.82) is 0 Å². The minimum atomic E-state index is 0.162. The normalized spacial score (nSPS) is 20.9. The first-order valence-electron chi connectivity index (χ1n) is 4.13. The molecule has 0 bridgehead atoms. The number of hydrogen-bond acceptors (Lipinski definition) is 3. The van der Waals surface area contributed by atoms with Crippen LogP contribution in [-0.4, -0.2) is 17.7 Å². The summed E-state index contributed by atoms with van der Waals surface area (Å²) in [7, 11) is 0. The van der Waals surface area contributed by atoms with Crippen LogP contribution in [0.1, 0.15) is 13.3 Å². The van der Waals surface area contributed by atoms with Gasteiger partial charge in [-0.1, -0.05) is 6.08 Å². The molecule has 0 saturated carbocycles. The van der Waals surface area contributed by atoms with Crippen molar-refractivity contribution in [2.75, 3.05) is 6.61 Å². The third-order valence-corrected chi connectivity index (χ3v) is 1.89. The monoisotopic (exact) mass is 165 g/mol. The second-order valence-corrected chi connectivity index (χ2v) is 2.70. The van der Waals surface area contributed by atoms with Crippen molar-refractivity contribution in [3.63, 3.8) is 0 Å². The molecule has 0 aromatic carbocycles. The average molecular weight is 165 g/mol. The van der Waals surface area contributed by atoms with E-state index in [-0.39, 0.29) is 6.10 Å². The topological polar surface area (TPSA) is 35.3 Å². The number of fused-ring (bicyclic) bond motifs is 1. The summed E-state index contributed by atoms with van der Waals surface area (Å²) in [6.45, 7) is 2.72. The lowest BCUT2D eigenvalue weighted by molar-refractivity contribution is 0.110. The molecule has 0 fully saturated rings. The van der Waals surface area contributed by atoms with Gasteiger partial charge in [-0.2, -0.15) is 0 Å². The molecule has 3 heteroatoms. The van der Waals surface area contributed by atoms with Gasteiger partial charge in [0, 0.05) is 6.61 Å². The maximum atomic E-state index is 5.43. The fraction of sp³-hybridized carbons (Fsp3) is 0.444. The quantitative estimate of drug-likeness (QED) is 0.621. The summed E-state index contributed by atoms with van der Waals surface area (Å²) in [5.74, 6) is 0. The predicted molar refractivity (Wildman–Crippen MR) is 44.7 cm³/mol. The minimum absolute atomic E-state index is 0.162. The molecule has 64 valence electrons. The third kappa shape index (κ3) is 1.28. The number of ether oxygens (including phenoxy) is 1. The summed E-state index contributed by atoms with van der Waals surface area (Å²) in [4.78, 5) is 4.04. The van der Waals surface area contributed by atoms with Crippen molar-refractivity contribution in [3.05, 3.63) is 17.2 Å². The van der Waals surface area contributed by atoms with E-state index in [1.54, 1.807) is 0 Å². The van der Waals surface area contributed by atoms with Gasteiger partial charge in [0.1, 0.15) is 5.35 Å². The number of aromatic nitrogens is 1. The van der Waals surface area contributed by atoms with Gasteiger partial charge in [0.15, 0.2) is 11.8 Å². The van der Waals surface area contributed by atoms with E-state index in [0.29, 0.717) is 0 Å². The SMILES string of the molecule is CCOC1C=c2ocnc2=CC1. The number of rotatable bonds is 2. The third-order valence-electron chi connectivity index (χ3n) is 1.89. The molecule has 0 spiro atoms. The highest BCUT2D eigenvalue weighted by molar-refractivity contribution is 5.36. The van der Waals surface area contributed by atoms with Crippen LogP contribution in [0.5, 0.6) is 0 Å². The van der Waals surface area contributed by atoms with Gasteiger partial charge < -0.3 is 9.15 Å². The Balaban J connectivity index is 2.32. The summed E-state index contributed by atoms with van der Waals surface area (Å²) in [6.07, 6.45) is 6.54. The minimum Gasteiger partial charge on any atom is -0.444 e. The molecule has 0 N–H and O–H groups in total. The standard InChI is InChI=1S/C9H11NO2/c1-2-11-7-3-4-8-9(5-7)12-6-10-8/h4-7H,2-3H2,1H3. The van der Waals surface area contributed by atoms with Crippen LogP contribution in [-0.2, 0) is 4.74 Å². The van der Waals surface area contributed by atoms with Crippen LogP contribution < -0.4 is 10.8 Å². The van der Waals surface area contributed by atoms with Crippen molar-refractivity contribution in [3.8, 4) is 0 Å². The van der Waals surface area contributed by atoms with Gasteiger partial charge in [-0.3, -0.25) is 0 Å². The van der Waals surface area contributed by atoms with Crippen molar-refractivity contribution >= 4 is 12.2 Å². The lowest BCUT2D eigenvalue weighted by atomic mass is 10.1. The Labute approximate surface area is 70.4 Å². The van der Waals surface area contributed by atoms with Gasteiger partial charge in [-0.25, -0.2) is 4.98 Å². The van der Waals surface area contributed by atoms with E-state index in [9.17, 15) is 0 Å². The van der Waals surface area contributed by atoms with E-state index in [4.69, 9.17) is 9.15 Å². The van der Waals surface area contributed by atoms with Crippen molar-refractivity contribution < 1.29 is 9.15 Å². The number of hydrogen-bond donors (Lipinski definition) is 0. The zero-order valence-electron chi connectivity index (χ0n) is 6.99. The molecule has 1 heterocycles. The van der Waals surface area contributed by atoms with Gasteiger partial charge in [-0.15, -0.1) is 0 Å². The van der Waals surface area contributed by atoms with E-state index in [0.717, 1.165) is 23.8 Å². The molecule has 2 rings (SSSR count). The second kappa shape index (κ2) is 3.11. The Kier molecular flexibility index (Phi) is 1.96. The average Bonchev–Trinajstić information content (AvgIpc) is 2.51. The van der Waals surface area contributed by atoms with Crippen LogP contribution in [0.15, 0.2) is 10.8 Å². The maximum absolute atomic E-state index is 5.43. The van der Waals surface area contributed by atoms with E-state index in [1.165, 1.54) is 6.39 Å². The van der Waals surface area contributed by atoms with Crippen LogP contribution in [0.3, 0.4) is 0 Å². The van der Waals surface area contributed by atoms with Gasteiger partial charge in [0.2, 0.25) is 0 Å². The van der Waals surface area contributed by atoms with Crippen LogP contribution in [0.25, 0.3) is 12.2 Å². The fourth-order valence-corrected chi connectivity index (χ4v) is 1.34. The largest absolute Gasteiger partial charge is 0.444 e. The lowest BCUT2D eigenvalue weighted by Crippen LogP contribution is -2.29. The highest BCUT2D eigenvalue weighted by Crippen LogP contribution is 2.02. The lowest BCUT2D eigenvalue weighted by Gasteiger charge is -2.10. The molecule has 0 amide bonds. The van der Waals surface area contributed by atoms with Gasteiger partial charge in [-0.05, 0) is 19.4 Å². The predicted octanol–water partition coefficient (Wildman–Crippen LogP) is 0.0444. The molecule has 1 aromatic rings. The molecule has 1 aliphatic carbocycles. The number of oxazole rings is 1. The van der Waals surface area contributed by atoms with Crippen molar-refractivity contribution in [1.82, 2.24) is 4.98 Å². The van der Waals surface area contributed by atoms with Gasteiger partial charge in [0.05, 0.1) is 6.10 Å². The molecule has 1 atom stereocenters. The molecule has 0 radical (unpaired) electrons. The Morgan fingerprint density at radius 2 is 2.67 bits per heavy atom. The van der Waals surface area contributed by atoms with Crippen LogP contribution in [0.2, 0.25) is 0 Å². The Hall–Kier alpha value is -1.09. The summed E-state index contributed by atoms with van der Waals surface area (Å²) in [5, 5.41) is 0.936. The summed E-state index contributed by atoms with van der Waals surface area (Å²) < 4.78 is 10.6. The van der Waals surface area contributed by atoms with E-state index in [2.05, 4.69) is 4.98 Å². The first-order valence-corrected chi connectivity index (χ1v) is 4.13. The van der Waals surface area contributed by atoms with Gasteiger partial charge in [0.25, 0.3) is 0 Å². The maximum Gasteiger partial charge on any atom is 0.181 e. The van der Waals surface area contributed by atoms with E-state index < -0.39 is 0 Å². The summed E-state index contributed by atoms with van der Waals surface area (Å²) >= 11 is 0. The fourth-order valence-electron chi connectivity index (χ4n) is 1.34. The zero-order valence-corrected chi connectivity index (χ0v) is 6.99. The Morgan fingerprint density at radius 1 is 1.75 bits per heavy atom. The van der Waals surface area contributed by atoms with Gasteiger partial charge >= 0.3 is 0 Å². The molecule has 12 heavy (non-hydrogen) atoms. The number of nitrogens with zero attached hydrogens (tertiary/aromatic N) is 1. The van der Waals surface area contributed by atoms with Crippen LogP contribution >= 0.6 is 0 Å². The first-order chi connectivity index (χ1) is 5.90. The smallest absolute Gasteiger partial charge is 0.181 e. The highest BCUT2D eigenvalue weighted by atomic mass is 16.5. The van der Waals surface area contributed by atoms with Crippen molar-refractivity contribution in [2.24, 2.45) is 0 Å². The van der Waals surface area contributed by atoms with E-state index >= 15 is 0 Å². The van der Waals surface area contributed by atoms with Crippen LogP contribution in [0.4, 0.5) is 0 Å². The molecule has 1 aromatic heterocycles. The van der Waals surface area contributed by atoms with E-state index in [1.807, 2.05) is 19.1 Å². The molecular formula is C9H11NO2. The Morgan fingerprint density at radius 3 is 3.50 bits per heavy atom. The summed E-state index contributed by atoms with van der Waals surface area (Å²) in [5.41, 5.74) is 0.833. The zero-order chi connectivity index (χ0) is 8.39. The molecule has 0 aliphatic heterocycles. The second-order valence-electron chi connectivity index (χ2n) is 2.70. The van der Waals surface area contributed by atoms with Crippen molar-refractivity contribution in [2.45, 2.75) is 19.4 Å². The Bertz CT molecular complexity index is 366. The molecule has 1 unspecified atom stereocenters.